The van der Waals surface area contributed by atoms with Crippen LogP contribution in [-0.4, -0.2) is 30.5 Å². The van der Waals surface area contributed by atoms with E-state index < -0.39 is 0 Å². The maximum Gasteiger partial charge on any atom is 0.305 e. The molecule has 0 saturated carbocycles. The molecule has 0 fully saturated rings. The molecule has 0 saturated heterocycles. The number of nitrogens with one attached hydrogen (secondary N) is 2. The molecular formula is C14H15FN2O3. The molecule has 1 aromatic carbocycles. The number of methoxy groups -OCH3 is 1. The number of hydrogen-bond acceptors (Lipinski definition) is 3. The van der Waals surface area contributed by atoms with Crippen LogP contribution < -0.4 is 5.32 Å². The third-order valence-corrected chi connectivity index (χ3v) is 2.93. The van der Waals surface area contributed by atoms with E-state index in [2.05, 4.69) is 15.0 Å². The predicted molar refractivity (Wildman–Crippen MR) is 71.8 cm³/mol. The monoisotopic (exact) mass is 278 g/mol. The van der Waals surface area contributed by atoms with Crippen molar-refractivity contribution in [3.05, 3.63) is 35.8 Å². The summed E-state index contributed by atoms with van der Waals surface area (Å²) >= 11 is 0. The van der Waals surface area contributed by atoms with Gasteiger partial charge in [-0.15, -0.1) is 0 Å². The SMILES string of the molecule is COC(=O)CCCNC(=O)c1cc2c(F)cccc2[nH]1. The maximum absolute atomic E-state index is 13.5. The van der Waals surface area contributed by atoms with Crippen molar-refractivity contribution in [3.8, 4) is 0 Å². The number of amides is 1. The van der Waals surface area contributed by atoms with Crippen molar-refractivity contribution in [3.63, 3.8) is 0 Å². The Kier molecular flexibility index (Phi) is 4.34. The number of H-pyrrole nitrogens is 1. The summed E-state index contributed by atoms with van der Waals surface area (Å²) in [5, 5.41) is 3.04. The van der Waals surface area contributed by atoms with Gasteiger partial charge in [-0.1, -0.05) is 6.07 Å². The molecular weight excluding hydrogens is 263 g/mol. The topological polar surface area (TPSA) is 71.2 Å². The molecule has 106 valence electrons. The lowest BCUT2D eigenvalue weighted by atomic mass is 10.2. The molecule has 2 N–H and O–H groups in total. The Bertz CT molecular complexity index is 636. The highest BCUT2D eigenvalue weighted by atomic mass is 19.1. The molecule has 1 heterocycles. The third kappa shape index (κ3) is 3.14. The highest BCUT2D eigenvalue weighted by molar-refractivity contribution is 5.98. The molecule has 0 aliphatic rings. The zero-order valence-electron chi connectivity index (χ0n) is 11.0. The van der Waals surface area contributed by atoms with Gasteiger partial charge in [-0.05, 0) is 24.6 Å². The van der Waals surface area contributed by atoms with Gasteiger partial charge in [-0.2, -0.15) is 0 Å². The molecule has 1 aromatic heterocycles. The van der Waals surface area contributed by atoms with E-state index in [4.69, 9.17) is 0 Å². The van der Waals surface area contributed by atoms with Gasteiger partial charge in [0.25, 0.3) is 5.91 Å². The summed E-state index contributed by atoms with van der Waals surface area (Å²) in [5.74, 6) is -1.01. The first-order valence-corrected chi connectivity index (χ1v) is 6.24. The van der Waals surface area contributed by atoms with Crippen molar-refractivity contribution >= 4 is 22.8 Å². The minimum Gasteiger partial charge on any atom is -0.469 e. The summed E-state index contributed by atoms with van der Waals surface area (Å²) in [6, 6.07) is 6.09. The van der Waals surface area contributed by atoms with Crippen LogP contribution >= 0.6 is 0 Å². The number of carbonyl (C=O) groups is 2. The predicted octanol–water partition coefficient (Wildman–Crippen LogP) is 1.99. The Labute approximate surface area is 115 Å². The van der Waals surface area contributed by atoms with Crippen molar-refractivity contribution in [2.45, 2.75) is 12.8 Å². The average Bonchev–Trinajstić information content (AvgIpc) is 2.88. The number of halogens is 1. The summed E-state index contributed by atoms with van der Waals surface area (Å²) in [6.07, 6.45) is 0.741. The van der Waals surface area contributed by atoms with Crippen LogP contribution in [0.3, 0.4) is 0 Å². The number of carbonyl (C=O) groups excluding carboxylic acids is 2. The Balaban J connectivity index is 1.94. The Morgan fingerprint density at radius 2 is 2.20 bits per heavy atom. The molecule has 2 rings (SSSR count). The second-order valence-electron chi connectivity index (χ2n) is 4.32. The number of aromatic nitrogens is 1. The number of hydrogen-bond donors (Lipinski definition) is 2. The van der Waals surface area contributed by atoms with E-state index in [9.17, 15) is 14.0 Å². The smallest absolute Gasteiger partial charge is 0.305 e. The normalized spacial score (nSPS) is 10.5. The minimum absolute atomic E-state index is 0.248. The van der Waals surface area contributed by atoms with Crippen LogP contribution in [0.25, 0.3) is 10.9 Å². The largest absolute Gasteiger partial charge is 0.469 e. The summed E-state index contributed by atoms with van der Waals surface area (Å²) < 4.78 is 18.0. The number of esters is 1. The van der Waals surface area contributed by atoms with Gasteiger partial charge in [0.05, 0.1) is 7.11 Å². The molecule has 20 heavy (non-hydrogen) atoms. The third-order valence-electron chi connectivity index (χ3n) is 2.93. The molecule has 0 unspecified atom stereocenters. The molecule has 5 nitrogen and oxygen atoms in total. The number of aromatic amines is 1. The van der Waals surface area contributed by atoms with E-state index in [-0.39, 0.29) is 24.1 Å². The molecule has 6 heteroatoms. The van der Waals surface area contributed by atoms with Crippen LogP contribution in [0.4, 0.5) is 4.39 Å². The van der Waals surface area contributed by atoms with Gasteiger partial charge in [-0.3, -0.25) is 9.59 Å². The van der Waals surface area contributed by atoms with Crippen LogP contribution in [-0.2, 0) is 9.53 Å². The second-order valence-corrected chi connectivity index (χ2v) is 4.32. The maximum atomic E-state index is 13.5. The van der Waals surface area contributed by atoms with Gasteiger partial charge in [0.2, 0.25) is 0 Å². The highest BCUT2D eigenvalue weighted by Crippen LogP contribution is 2.18. The fourth-order valence-corrected chi connectivity index (χ4v) is 1.87. The zero-order valence-corrected chi connectivity index (χ0v) is 11.0. The van der Waals surface area contributed by atoms with Crippen LogP contribution in [0.5, 0.6) is 0 Å². The van der Waals surface area contributed by atoms with Gasteiger partial charge in [0.15, 0.2) is 0 Å². The average molecular weight is 278 g/mol. The van der Waals surface area contributed by atoms with Gasteiger partial charge in [0, 0.05) is 23.9 Å². The molecule has 0 bridgehead atoms. The Morgan fingerprint density at radius 1 is 1.40 bits per heavy atom. The first kappa shape index (κ1) is 14.0. The molecule has 0 aliphatic carbocycles. The molecule has 1 amide bonds. The number of fused-ring (bicyclic) bond motifs is 1. The van der Waals surface area contributed by atoms with Gasteiger partial charge in [-0.25, -0.2) is 4.39 Å². The van der Waals surface area contributed by atoms with E-state index in [1.165, 1.54) is 19.2 Å². The zero-order chi connectivity index (χ0) is 14.5. The van der Waals surface area contributed by atoms with E-state index in [0.29, 0.717) is 29.6 Å². The quantitative estimate of drug-likeness (QED) is 0.649. The molecule has 0 atom stereocenters. The molecule has 0 radical (unpaired) electrons. The molecule has 0 aliphatic heterocycles. The second kappa shape index (κ2) is 6.18. The lowest BCUT2D eigenvalue weighted by Gasteiger charge is -2.02. The molecule has 2 aromatic rings. The summed E-state index contributed by atoms with van der Waals surface area (Å²) in [7, 11) is 1.32. The highest BCUT2D eigenvalue weighted by Gasteiger charge is 2.11. The lowest BCUT2D eigenvalue weighted by molar-refractivity contribution is -0.140. The van der Waals surface area contributed by atoms with Gasteiger partial charge < -0.3 is 15.0 Å². The van der Waals surface area contributed by atoms with Crippen molar-refractivity contribution in [2.24, 2.45) is 0 Å². The van der Waals surface area contributed by atoms with Crippen molar-refractivity contribution in [1.29, 1.82) is 0 Å². The van der Waals surface area contributed by atoms with Crippen LogP contribution in [0.2, 0.25) is 0 Å². The Hall–Kier alpha value is -2.37. The minimum atomic E-state index is -0.372. The number of ether oxygens (including phenoxy) is 1. The molecule has 0 spiro atoms. The van der Waals surface area contributed by atoms with Crippen LogP contribution in [0, 0.1) is 5.82 Å². The first-order valence-electron chi connectivity index (χ1n) is 6.24. The fraction of sp³-hybridized carbons (Fsp3) is 0.286. The van der Waals surface area contributed by atoms with Crippen molar-refractivity contribution in [1.82, 2.24) is 10.3 Å². The summed E-state index contributed by atoms with van der Waals surface area (Å²) in [6.45, 7) is 0.353. The lowest BCUT2D eigenvalue weighted by Crippen LogP contribution is -2.25. The Morgan fingerprint density at radius 3 is 2.90 bits per heavy atom. The van der Waals surface area contributed by atoms with Gasteiger partial charge >= 0.3 is 5.97 Å². The number of rotatable bonds is 5. The van der Waals surface area contributed by atoms with Gasteiger partial charge in [0.1, 0.15) is 11.5 Å². The van der Waals surface area contributed by atoms with Crippen molar-refractivity contribution in [2.75, 3.05) is 13.7 Å². The van der Waals surface area contributed by atoms with E-state index >= 15 is 0 Å². The standard InChI is InChI=1S/C14H15FN2O3/c1-20-13(18)6-3-7-16-14(19)12-8-9-10(15)4-2-5-11(9)17-12/h2,4-5,8,17H,3,6-7H2,1H3,(H,16,19). The first-order chi connectivity index (χ1) is 9.61. The van der Waals surface area contributed by atoms with Crippen molar-refractivity contribution < 1.29 is 18.7 Å². The van der Waals surface area contributed by atoms with E-state index in [0.717, 1.165) is 0 Å². The summed E-state index contributed by atoms with van der Waals surface area (Å²) in [5.41, 5.74) is 0.868. The van der Waals surface area contributed by atoms with Crippen LogP contribution in [0.15, 0.2) is 24.3 Å². The summed E-state index contributed by atoms with van der Waals surface area (Å²) in [4.78, 5) is 25.6. The van der Waals surface area contributed by atoms with E-state index in [1.807, 2.05) is 0 Å². The van der Waals surface area contributed by atoms with E-state index in [1.54, 1.807) is 12.1 Å². The van der Waals surface area contributed by atoms with Crippen LogP contribution in [0.1, 0.15) is 23.3 Å². The fourth-order valence-electron chi connectivity index (χ4n) is 1.87. The number of benzene rings is 1.